The molecule has 0 aliphatic carbocycles. The van der Waals surface area contributed by atoms with Gasteiger partial charge < -0.3 is 9.64 Å². The van der Waals surface area contributed by atoms with Crippen molar-refractivity contribution in [1.29, 1.82) is 0 Å². The first kappa shape index (κ1) is 16.4. The van der Waals surface area contributed by atoms with Crippen LogP contribution in [0.2, 0.25) is 0 Å². The number of amides is 1. The van der Waals surface area contributed by atoms with Gasteiger partial charge in [-0.1, -0.05) is 20.4 Å². The molecular formula is C13H21NO4. The summed E-state index contributed by atoms with van der Waals surface area (Å²) < 4.78 is 4.73. The second-order valence-corrected chi connectivity index (χ2v) is 4.37. The highest BCUT2D eigenvalue weighted by atomic mass is 16.5. The van der Waals surface area contributed by atoms with Crippen LogP contribution < -0.4 is 0 Å². The third kappa shape index (κ3) is 5.61. The molecule has 0 aromatic rings. The van der Waals surface area contributed by atoms with E-state index in [-0.39, 0.29) is 36.8 Å². The van der Waals surface area contributed by atoms with E-state index in [1.54, 1.807) is 20.8 Å². The quantitative estimate of drug-likeness (QED) is 0.506. The van der Waals surface area contributed by atoms with E-state index in [1.165, 1.54) is 11.9 Å². The van der Waals surface area contributed by atoms with Crippen LogP contribution in [0.1, 0.15) is 27.2 Å². The molecule has 0 radical (unpaired) electrons. The van der Waals surface area contributed by atoms with Crippen LogP contribution in [0.15, 0.2) is 12.2 Å². The van der Waals surface area contributed by atoms with Gasteiger partial charge in [-0.3, -0.25) is 14.4 Å². The third-order valence-corrected chi connectivity index (χ3v) is 2.35. The van der Waals surface area contributed by atoms with Crippen molar-refractivity contribution in [2.75, 3.05) is 20.2 Å². The van der Waals surface area contributed by atoms with E-state index in [0.29, 0.717) is 0 Å². The molecule has 5 heteroatoms. The largest absolute Gasteiger partial charge is 0.465 e. The lowest BCUT2D eigenvalue weighted by molar-refractivity contribution is -0.147. The average molecular weight is 255 g/mol. The van der Waals surface area contributed by atoms with Gasteiger partial charge in [0.25, 0.3) is 0 Å². The van der Waals surface area contributed by atoms with Crippen LogP contribution in [0.4, 0.5) is 0 Å². The Morgan fingerprint density at radius 1 is 1.28 bits per heavy atom. The Bertz CT molecular complexity index is 347. The first-order valence-corrected chi connectivity index (χ1v) is 5.91. The van der Waals surface area contributed by atoms with Gasteiger partial charge in [0.1, 0.15) is 12.3 Å². The fourth-order valence-electron chi connectivity index (χ4n) is 1.23. The Balaban J connectivity index is 4.33. The van der Waals surface area contributed by atoms with Gasteiger partial charge in [0.2, 0.25) is 5.91 Å². The van der Waals surface area contributed by atoms with E-state index in [1.807, 2.05) is 0 Å². The van der Waals surface area contributed by atoms with E-state index >= 15 is 0 Å². The van der Waals surface area contributed by atoms with Gasteiger partial charge in [0, 0.05) is 25.0 Å². The number of carbonyl (C=O) groups excluding carboxylic acids is 3. The van der Waals surface area contributed by atoms with Crippen molar-refractivity contribution < 1.29 is 19.1 Å². The molecule has 0 aliphatic heterocycles. The molecule has 0 aliphatic rings. The zero-order chi connectivity index (χ0) is 14.3. The summed E-state index contributed by atoms with van der Waals surface area (Å²) in [4.78, 5) is 35.7. The first-order chi connectivity index (χ1) is 8.29. The van der Waals surface area contributed by atoms with Crippen molar-refractivity contribution in [2.45, 2.75) is 27.2 Å². The van der Waals surface area contributed by atoms with E-state index in [2.05, 4.69) is 6.58 Å². The van der Waals surface area contributed by atoms with Gasteiger partial charge in [0.15, 0.2) is 0 Å². The molecule has 0 bridgehead atoms. The molecule has 0 heterocycles. The van der Waals surface area contributed by atoms with Crippen LogP contribution in [0.25, 0.3) is 0 Å². The molecule has 0 spiro atoms. The van der Waals surface area contributed by atoms with Gasteiger partial charge in [-0.15, -0.1) is 0 Å². The maximum atomic E-state index is 11.8. The zero-order valence-corrected chi connectivity index (χ0v) is 11.5. The third-order valence-electron chi connectivity index (χ3n) is 2.35. The van der Waals surface area contributed by atoms with E-state index in [9.17, 15) is 14.4 Å². The predicted molar refractivity (Wildman–Crippen MR) is 67.9 cm³/mol. The molecule has 0 saturated carbocycles. The molecular weight excluding hydrogens is 234 g/mol. The number of esters is 1. The van der Waals surface area contributed by atoms with Crippen molar-refractivity contribution in [3.05, 3.63) is 12.2 Å². The average Bonchev–Trinajstić information content (AvgIpc) is 2.27. The van der Waals surface area contributed by atoms with Crippen molar-refractivity contribution in [3.8, 4) is 0 Å². The minimum Gasteiger partial charge on any atom is -0.465 e. The Morgan fingerprint density at radius 3 is 2.28 bits per heavy atom. The number of ketones is 1. The number of hydrogen-bond acceptors (Lipinski definition) is 4. The van der Waals surface area contributed by atoms with E-state index in [0.717, 1.165) is 0 Å². The Labute approximate surface area is 108 Å². The van der Waals surface area contributed by atoms with Crippen molar-refractivity contribution in [2.24, 2.45) is 5.92 Å². The SMILES string of the molecule is C=C(CC(=O)C(C)C)C(=O)N(C)CC(=O)OCC. The maximum absolute atomic E-state index is 11.8. The molecule has 0 unspecified atom stereocenters. The first-order valence-electron chi connectivity index (χ1n) is 5.91. The van der Waals surface area contributed by atoms with Gasteiger partial charge >= 0.3 is 5.97 Å². The number of Topliss-reactive ketones (excluding diaryl/α,β-unsaturated/α-hetero) is 1. The number of likely N-dealkylation sites (N-methyl/N-ethyl adjacent to an activating group) is 1. The zero-order valence-electron chi connectivity index (χ0n) is 11.5. The monoisotopic (exact) mass is 255 g/mol. The highest BCUT2D eigenvalue weighted by molar-refractivity contribution is 5.99. The Kier molecular flexibility index (Phi) is 6.93. The lowest BCUT2D eigenvalue weighted by Gasteiger charge is -2.17. The molecule has 0 fully saturated rings. The van der Waals surface area contributed by atoms with Gasteiger partial charge in [-0.05, 0) is 6.92 Å². The van der Waals surface area contributed by atoms with Crippen LogP contribution in [0.3, 0.4) is 0 Å². The van der Waals surface area contributed by atoms with Crippen molar-refractivity contribution in [3.63, 3.8) is 0 Å². The summed E-state index contributed by atoms with van der Waals surface area (Å²) in [6, 6.07) is 0. The summed E-state index contributed by atoms with van der Waals surface area (Å²) in [7, 11) is 1.48. The van der Waals surface area contributed by atoms with Gasteiger partial charge in [-0.25, -0.2) is 0 Å². The second kappa shape index (κ2) is 7.63. The molecule has 0 N–H and O–H groups in total. The summed E-state index contributed by atoms with van der Waals surface area (Å²) >= 11 is 0. The van der Waals surface area contributed by atoms with Gasteiger partial charge in [0.05, 0.1) is 6.61 Å². The van der Waals surface area contributed by atoms with Crippen molar-refractivity contribution in [1.82, 2.24) is 4.90 Å². The van der Waals surface area contributed by atoms with E-state index < -0.39 is 11.9 Å². The Hall–Kier alpha value is -1.65. The minimum absolute atomic E-state index is 0.0175. The molecule has 0 saturated heterocycles. The number of nitrogens with zero attached hydrogens (tertiary/aromatic N) is 1. The predicted octanol–water partition coefficient (Wildman–Crippen LogP) is 1.18. The highest BCUT2D eigenvalue weighted by Crippen LogP contribution is 2.08. The normalized spacial score (nSPS) is 10.1. The summed E-state index contributed by atoms with van der Waals surface area (Å²) in [5.74, 6) is -1.06. The number of carbonyl (C=O) groups is 3. The maximum Gasteiger partial charge on any atom is 0.325 e. The summed E-state index contributed by atoms with van der Waals surface area (Å²) in [6.45, 7) is 8.95. The van der Waals surface area contributed by atoms with Gasteiger partial charge in [-0.2, -0.15) is 0 Å². The van der Waals surface area contributed by atoms with Crippen LogP contribution in [0, 0.1) is 5.92 Å². The fraction of sp³-hybridized carbons (Fsp3) is 0.615. The molecule has 0 rings (SSSR count). The topological polar surface area (TPSA) is 63.7 Å². The lowest BCUT2D eigenvalue weighted by Crippen LogP contribution is -2.34. The summed E-state index contributed by atoms with van der Waals surface area (Å²) in [5.41, 5.74) is 0.195. The summed E-state index contributed by atoms with van der Waals surface area (Å²) in [6.07, 6.45) is 0.0175. The number of rotatable bonds is 7. The van der Waals surface area contributed by atoms with E-state index in [4.69, 9.17) is 4.74 Å². The van der Waals surface area contributed by atoms with Crippen LogP contribution in [0.5, 0.6) is 0 Å². The molecule has 0 aromatic carbocycles. The second-order valence-electron chi connectivity index (χ2n) is 4.37. The molecule has 0 atom stereocenters. The molecule has 18 heavy (non-hydrogen) atoms. The standard InChI is InChI=1S/C13H21NO4/c1-6-18-12(16)8-14(5)13(17)10(4)7-11(15)9(2)3/h9H,4,6-8H2,1-3,5H3. The Morgan fingerprint density at radius 2 is 1.83 bits per heavy atom. The molecule has 0 aromatic heterocycles. The molecule has 1 amide bonds. The highest BCUT2D eigenvalue weighted by Gasteiger charge is 2.19. The molecule has 102 valence electrons. The van der Waals surface area contributed by atoms with Crippen LogP contribution >= 0.6 is 0 Å². The smallest absolute Gasteiger partial charge is 0.325 e. The fourth-order valence-corrected chi connectivity index (χ4v) is 1.23. The number of hydrogen-bond donors (Lipinski definition) is 0. The number of ether oxygens (including phenoxy) is 1. The van der Waals surface area contributed by atoms with Crippen LogP contribution in [-0.4, -0.2) is 42.8 Å². The minimum atomic E-state index is -0.476. The summed E-state index contributed by atoms with van der Waals surface area (Å²) in [5, 5.41) is 0. The lowest BCUT2D eigenvalue weighted by atomic mass is 10.0. The molecule has 5 nitrogen and oxygen atoms in total. The van der Waals surface area contributed by atoms with Crippen LogP contribution in [-0.2, 0) is 19.1 Å². The van der Waals surface area contributed by atoms with Crippen molar-refractivity contribution >= 4 is 17.7 Å².